The molecule has 0 radical (unpaired) electrons. The van der Waals surface area contributed by atoms with E-state index >= 15 is 0 Å². The Morgan fingerprint density at radius 2 is 2.14 bits per heavy atom. The molecule has 1 fully saturated rings. The van der Waals surface area contributed by atoms with Crippen molar-refractivity contribution in [2.24, 2.45) is 5.92 Å². The maximum Gasteiger partial charge on any atom is 0.0381 e. The van der Waals surface area contributed by atoms with Crippen LogP contribution in [0.1, 0.15) is 19.3 Å². The Morgan fingerprint density at radius 1 is 1.36 bits per heavy atom. The van der Waals surface area contributed by atoms with E-state index in [4.69, 9.17) is 11.6 Å². The van der Waals surface area contributed by atoms with Gasteiger partial charge >= 0.3 is 0 Å². The smallest absolute Gasteiger partial charge is 0.0381 e. The number of hydrogen-bond acceptors (Lipinski definition) is 2. The Labute approximate surface area is 89.7 Å². The Hall–Kier alpha value is -0.760. The zero-order chi connectivity index (χ0) is 9.80. The van der Waals surface area contributed by atoms with Gasteiger partial charge in [-0.2, -0.15) is 0 Å². The zero-order valence-corrected chi connectivity index (χ0v) is 8.87. The summed E-state index contributed by atoms with van der Waals surface area (Å²) in [6, 6.07) is 3.97. The minimum absolute atomic E-state index is 0.365. The van der Waals surface area contributed by atoms with E-state index in [0.717, 1.165) is 12.2 Å². The molecule has 2 nitrogen and oxygen atoms in total. The van der Waals surface area contributed by atoms with Crippen molar-refractivity contribution in [2.75, 3.05) is 11.9 Å². The van der Waals surface area contributed by atoms with Gasteiger partial charge in [-0.1, -0.05) is 6.42 Å². The predicted octanol–water partition coefficient (Wildman–Crippen LogP) is 2.90. The molecule has 0 amide bonds. The van der Waals surface area contributed by atoms with E-state index in [1.807, 2.05) is 12.1 Å². The summed E-state index contributed by atoms with van der Waals surface area (Å²) in [6.45, 7) is 0.984. The molecule has 2 rings (SSSR count). The summed E-state index contributed by atoms with van der Waals surface area (Å²) in [4.78, 5) is 3.97. The maximum atomic E-state index is 6.19. The highest BCUT2D eigenvalue weighted by Gasteiger charge is 2.24. The molecular weight excluding hydrogens is 196 g/mol. The van der Waals surface area contributed by atoms with E-state index in [0.29, 0.717) is 11.3 Å². The molecule has 2 atom stereocenters. The molecule has 1 saturated carbocycles. The summed E-state index contributed by atoms with van der Waals surface area (Å²) >= 11 is 6.19. The van der Waals surface area contributed by atoms with Crippen LogP contribution in [-0.2, 0) is 0 Å². The number of anilines is 1. The van der Waals surface area contributed by atoms with E-state index in [-0.39, 0.29) is 0 Å². The van der Waals surface area contributed by atoms with Crippen LogP contribution in [-0.4, -0.2) is 16.9 Å². The first-order valence-electron chi connectivity index (χ1n) is 5.14. The van der Waals surface area contributed by atoms with E-state index < -0.39 is 0 Å². The normalized spacial score (nSPS) is 26.4. The lowest BCUT2D eigenvalue weighted by atomic mass is 10.1. The number of aromatic nitrogens is 1. The van der Waals surface area contributed by atoms with E-state index in [1.54, 1.807) is 12.4 Å². The van der Waals surface area contributed by atoms with Gasteiger partial charge in [0.2, 0.25) is 0 Å². The highest BCUT2D eigenvalue weighted by Crippen LogP contribution is 2.30. The monoisotopic (exact) mass is 210 g/mol. The van der Waals surface area contributed by atoms with Crippen molar-refractivity contribution in [1.29, 1.82) is 0 Å². The number of nitrogens with zero attached hydrogens (tertiary/aromatic N) is 1. The van der Waals surface area contributed by atoms with Crippen molar-refractivity contribution in [2.45, 2.75) is 24.6 Å². The number of rotatable bonds is 3. The van der Waals surface area contributed by atoms with E-state index in [2.05, 4.69) is 10.3 Å². The minimum atomic E-state index is 0.365. The van der Waals surface area contributed by atoms with Crippen molar-refractivity contribution in [3.8, 4) is 0 Å². The fourth-order valence-corrected chi connectivity index (χ4v) is 2.31. The highest BCUT2D eigenvalue weighted by atomic mass is 35.5. The number of hydrogen-bond donors (Lipinski definition) is 1. The van der Waals surface area contributed by atoms with Crippen molar-refractivity contribution in [3.05, 3.63) is 24.5 Å². The van der Waals surface area contributed by atoms with Crippen LogP contribution in [0.2, 0.25) is 0 Å². The number of nitrogens with one attached hydrogen (secondary N) is 1. The first kappa shape index (κ1) is 9.78. The van der Waals surface area contributed by atoms with Crippen LogP contribution in [0.5, 0.6) is 0 Å². The van der Waals surface area contributed by atoms with Crippen LogP contribution in [0, 0.1) is 5.92 Å². The van der Waals surface area contributed by atoms with Gasteiger partial charge in [-0.25, -0.2) is 0 Å². The minimum Gasteiger partial charge on any atom is -0.385 e. The molecule has 1 N–H and O–H groups in total. The third kappa shape index (κ3) is 2.38. The van der Waals surface area contributed by atoms with Gasteiger partial charge in [0.25, 0.3) is 0 Å². The Morgan fingerprint density at radius 3 is 2.79 bits per heavy atom. The van der Waals surface area contributed by atoms with Crippen LogP contribution in [0.15, 0.2) is 24.5 Å². The molecule has 3 heteroatoms. The van der Waals surface area contributed by atoms with Crippen molar-refractivity contribution < 1.29 is 0 Å². The molecule has 1 heterocycles. The summed E-state index contributed by atoms with van der Waals surface area (Å²) in [5, 5.41) is 3.76. The molecule has 76 valence electrons. The summed E-state index contributed by atoms with van der Waals surface area (Å²) in [5.74, 6) is 0.629. The van der Waals surface area contributed by atoms with Gasteiger partial charge in [0.05, 0.1) is 0 Å². The lowest BCUT2D eigenvalue weighted by Gasteiger charge is -2.14. The van der Waals surface area contributed by atoms with Crippen LogP contribution < -0.4 is 5.32 Å². The quantitative estimate of drug-likeness (QED) is 0.777. The molecule has 14 heavy (non-hydrogen) atoms. The molecule has 1 aromatic rings. The summed E-state index contributed by atoms with van der Waals surface area (Å²) in [7, 11) is 0. The van der Waals surface area contributed by atoms with Crippen LogP contribution in [0.4, 0.5) is 5.69 Å². The number of halogens is 1. The van der Waals surface area contributed by atoms with Crippen LogP contribution in [0.3, 0.4) is 0 Å². The molecule has 1 aromatic heterocycles. The summed E-state index contributed by atoms with van der Waals surface area (Å²) in [6.07, 6.45) is 7.30. The Balaban J connectivity index is 1.82. The molecule has 0 saturated heterocycles. The molecule has 0 spiro atoms. The second-order valence-electron chi connectivity index (χ2n) is 3.82. The Kier molecular flexibility index (Phi) is 3.25. The SMILES string of the molecule is ClC1CCCC1CNc1ccncc1. The summed E-state index contributed by atoms with van der Waals surface area (Å²) in [5.41, 5.74) is 1.13. The topological polar surface area (TPSA) is 24.9 Å². The fraction of sp³-hybridized carbons (Fsp3) is 0.545. The van der Waals surface area contributed by atoms with Gasteiger partial charge in [0.1, 0.15) is 0 Å². The van der Waals surface area contributed by atoms with Gasteiger partial charge in [-0.3, -0.25) is 4.98 Å². The second kappa shape index (κ2) is 4.65. The van der Waals surface area contributed by atoms with E-state index in [1.165, 1.54) is 19.3 Å². The van der Waals surface area contributed by atoms with Gasteiger partial charge in [0.15, 0.2) is 0 Å². The van der Waals surface area contributed by atoms with E-state index in [9.17, 15) is 0 Å². The van der Waals surface area contributed by atoms with Crippen LogP contribution >= 0.6 is 11.6 Å². The lowest BCUT2D eigenvalue weighted by Crippen LogP contribution is -2.18. The molecule has 1 aliphatic rings. The predicted molar refractivity (Wildman–Crippen MR) is 59.7 cm³/mol. The molecule has 1 aliphatic carbocycles. The molecular formula is C11H15ClN2. The molecule has 2 unspecified atom stereocenters. The van der Waals surface area contributed by atoms with Gasteiger partial charge in [-0.05, 0) is 30.9 Å². The molecule has 0 aliphatic heterocycles. The average Bonchev–Trinajstić information content (AvgIpc) is 2.63. The third-order valence-electron chi connectivity index (χ3n) is 2.82. The fourth-order valence-electron chi connectivity index (χ4n) is 1.94. The number of alkyl halides is 1. The number of pyridine rings is 1. The Bertz CT molecular complexity index is 276. The first-order valence-corrected chi connectivity index (χ1v) is 5.58. The third-order valence-corrected chi connectivity index (χ3v) is 3.39. The lowest BCUT2D eigenvalue weighted by molar-refractivity contribution is 0.586. The zero-order valence-electron chi connectivity index (χ0n) is 8.12. The average molecular weight is 211 g/mol. The van der Waals surface area contributed by atoms with Crippen molar-refractivity contribution >= 4 is 17.3 Å². The second-order valence-corrected chi connectivity index (χ2v) is 4.38. The van der Waals surface area contributed by atoms with Crippen molar-refractivity contribution in [1.82, 2.24) is 4.98 Å². The highest BCUT2D eigenvalue weighted by molar-refractivity contribution is 6.20. The van der Waals surface area contributed by atoms with Gasteiger partial charge in [-0.15, -0.1) is 11.6 Å². The standard InChI is InChI=1S/C11H15ClN2/c12-11-3-1-2-9(11)8-14-10-4-6-13-7-5-10/h4-7,9,11H,1-3,8H2,(H,13,14). The first-order chi connectivity index (χ1) is 6.86. The maximum absolute atomic E-state index is 6.19. The van der Waals surface area contributed by atoms with Crippen LogP contribution in [0.25, 0.3) is 0 Å². The summed E-state index contributed by atoms with van der Waals surface area (Å²) < 4.78 is 0. The van der Waals surface area contributed by atoms with Gasteiger partial charge < -0.3 is 5.32 Å². The molecule has 0 bridgehead atoms. The molecule has 0 aromatic carbocycles. The largest absolute Gasteiger partial charge is 0.385 e. The van der Waals surface area contributed by atoms with Gasteiger partial charge in [0, 0.05) is 30.0 Å². The van der Waals surface area contributed by atoms with Crippen molar-refractivity contribution in [3.63, 3.8) is 0 Å².